The highest BCUT2D eigenvalue weighted by Gasteiger charge is 2.51. The highest BCUT2D eigenvalue weighted by Crippen LogP contribution is 2.30. The summed E-state index contributed by atoms with van der Waals surface area (Å²) < 4.78 is 22.9. The Labute approximate surface area is 456 Å². The van der Waals surface area contributed by atoms with Crippen LogP contribution in [0.5, 0.6) is 0 Å². The number of unbranched alkanes of at least 4 members (excludes halogenated alkanes) is 36. The molecule has 0 bridgehead atoms. The van der Waals surface area contributed by atoms with Crippen LogP contribution < -0.4 is 5.32 Å². The van der Waals surface area contributed by atoms with E-state index in [0.29, 0.717) is 12.8 Å². The molecule has 1 amide bonds. The van der Waals surface area contributed by atoms with Gasteiger partial charge in [0.1, 0.15) is 48.8 Å². The van der Waals surface area contributed by atoms with Crippen LogP contribution >= 0.6 is 0 Å². The molecule has 0 spiro atoms. The molecule has 14 heteroatoms. The van der Waals surface area contributed by atoms with Gasteiger partial charge in [0.05, 0.1) is 32.0 Å². The molecule has 14 nitrogen and oxygen atoms in total. The molecule has 12 unspecified atom stereocenters. The van der Waals surface area contributed by atoms with Gasteiger partial charge in [0, 0.05) is 6.42 Å². The normalized spacial score (nSPS) is 25.0. The zero-order valence-electron chi connectivity index (χ0n) is 47.8. The minimum atomic E-state index is -1.78. The summed E-state index contributed by atoms with van der Waals surface area (Å²) in [4.78, 5) is 13.3. The minimum absolute atomic E-state index is 0.205. The molecule has 0 aromatic carbocycles. The third kappa shape index (κ3) is 33.2. The van der Waals surface area contributed by atoms with Gasteiger partial charge in [-0.25, -0.2) is 0 Å². The Morgan fingerprint density at radius 1 is 0.467 bits per heavy atom. The second kappa shape index (κ2) is 47.5. The third-order valence-electron chi connectivity index (χ3n) is 15.7. The molecule has 2 aliphatic rings. The van der Waals surface area contributed by atoms with Crippen LogP contribution in [0, 0.1) is 0 Å². The van der Waals surface area contributed by atoms with Gasteiger partial charge >= 0.3 is 0 Å². The van der Waals surface area contributed by atoms with E-state index in [-0.39, 0.29) is 12.5 Å². The van der Waals surface area contributed by atoms with Crippen LogP contribution in [0.25, 0.3) is 0 Å². The zero-order valence-corrected chi connectivity index (χ0v) is 47.8. The molecule has 0 radical (unpaired) electrons. The predicted molar refractivity (Wildman–Crippen MR) is 300 cm³/mol. The molecule has 2 saturated heterocycles. The van der Waals surface area contributed by atoms with E-state index in [1.165, 1.54) is 199 Å². The monoisotopic (exact) mass is 1070 g/mol. The van der Waals surface area contributed by atoms with E-state index in [1.807, 2.05) is 0 Å². The van der Waals surface area contributed by atoms with E-state index in [2.05, 4.69) is 31.3 Å². The predicted octanol–water partition coefficient (Wildman–Crippen LogP) is 11.1. The van der Waals surface area contributed by atoms with Crippen molar-refractivity contribution in [2.24, 2.45) is 0 Å². The Bertz CT molecular complexity index is 1310. The number of allylic oxidation sites excluding steroid dienone is 2. The number of amides is 1. The molecule has 2 heterocycles. The van der Waals surface area contributed by atoms with Crippen LogP contribution in [0.4, 0.5) is 0 Å². The zero-order chi connectivity index (χ0) is 54.6. The standard InChI is InChI=1S/C61H117NO13/c1-3-5-7-9-11-13-15-17-19-21-23-24-25-27-28-30-32-34-36-38-40-42-44-50(65)49(62-53(66)45-43-41-39-37-35-33-31-29-26-22-20-18-16-14-12-10-8-6-4-2)48-72-60-58(71)56(69)59(52(47-64)74-60)75-61-57(70)55(68)54(67)51(46-63)73-61/h18,20,49-52,54-61,63-65,67-71H,3-17,19,21-48H2,1-2H3,(H,62,66)/b20-18-. The molecule has 2 aliphatic heterocycles. The van der Waals surface area contributed by atoms with Crippen molar-refractivity contribution in [3.63, 3.8) is 0 Å². The van der Waals surface area contributed by atoms with Crippen molar-refractivity contribution in [3.05, 3.63) is 12.2 Å². The molecular weight excluding hydrogens is 955 g/mol. The molecule has 0 aromatic heterocycles. The van der Waals surface area contributed by atoms with Gasteiger partial charge in [-0.15, -0.1) is 0 Å². The quantitative estimate of drug-likeness (QED) is 0.0204. The number of ether oxygens (including phenoxy) is 4. The van der Waals surface area contributed by atoms with Crippen LogP contribution in [0.1, 0.15) is 277 Å². The molecule has 2 rings (SSSR count). The Morgan fingerprint density at radius 2 is 0.840 bits per heavy atom. The van der Waals surface area contributed by atoms with E-state index in [0.717, 1.165) is 51.4 Å². The Hall–Kier alpha value is -1.27. The summed E-state index contributed by atoms with van der Waals surface area (Å²) in [6, 6.07) is -0.827. The molecule has 0 aromatic rings. The second-order valence-corrected chi connectivity index (χ2v) is 22.5. The first-order chi connectivity index (χ1) is 36.6. The molecule has 12 atom stereocenters. The average Bonchev–Trinajstić information content (AvgIpc) is 3.41. The van der Waals surface area contributed by atoms with Crippen LogP contribution in [0.15, 0.2) is 12.2 Å². The average molecular weight is 1070 g/mol. The molecule has 9 N–H and O–H groups in total. The molecular formula is C61H117NO13. The minimum Gasteiger partial charge on any atom is -0.394 e. The fourth-order valence-electron chi connectivity index (χ4n) is 10.6. The summed E-state index contributed by atoms with van der Waals surface area (Å²) in [5.41, 5.74) is 0. The number of nitrogens with one attached hydrogen (secondary N) is 1. The van der Waals surface area contributed by atoms with Gasteiger partial charge in [-0.3, -0.25) is 4.79 Å². The Morgan fingerprint density at radius 3 is 1.27 bits per heavy atom. The van der Waals surface area contributed by atoms with Gasteiger partial charge in [0.25, 0.3) is 0 Å². The molecule has 75 heavy (non-hydrogen) atoms. The number of aliphatic hydroxyl groups is 8. The summed E-state index contributed by atoms with van der Waals surface area (Å²) in [6.07, 6.45) is 37.8. The molecule has 2 fully saturated rings. The number of carbonyl (C=O) groups is 1. The maximum atomic E-state index is 13.3. The van der Waals surface area contributed by atoms with Crippen LogP contribution in [-0.4, -0.2) is 140 Å². The van der Waals surface area contributed by atoms with Crippen LogP contribution in [0.3, 0.4) is 0 Å². The molecule has 0 saturated carbocycles. The van der Waals surface area contributed by atoms with Crippen molar-refractivity contribution in [1.29, 1.82) is 0 Å². The lowest BCUT2D eigenvalue weighted by atomic mass is 9.97. The van der Waals surface area contributed by atoms with E-state index in [4.69, 9.17) is 18.9 Å². The van der Waals surface area contributed by atoms with Crippen molar-refractivity contribution in [3.8, 4) is 0 Å². The second-order valence-electron chi connectivity index (χ2n) is 22.5. The molecule has 444 valence electrons. The Balaban J connectivity index is 1.73. The van der Waals surface area contributed by atoms with Gasteiger partial charge in [-0.2, -0.15) is 0 Å². The maximum absolute atomic E-state index is 13.3. The summed E-state index contributed by atoms with van der Waals surface area (Å²) in [5.74, 6) is -0.205. The number of aliphatic hydroxyl groups excluding tert-OH is 8. The molecule has 0 aliphatic carbocycles. The first kappa shape index (κ1) is 69.8. The maximum Gasteiger partial charge on any atom is 0.220 e. The van der Waals surface area contributed by atoms with Gasteiger partial charge in [-0.05, 0) is 38.5 Å². The van der Waals surface area contributed by atoms with Crippen LogP contribution in [0.2, 0.25) is 0 Å². The lowest BCUT2D eigenvalue weighted by Gasteiger charge is -2.46. The SMILES string of the molecule is CCCCCCCC/C=C\CCCCCCCCCCCC(=O)NC(COC1OC(CO)C(OC2OC(CO)C(O)C(O)C2O)C(O)C1O)C(O)CCCCCCCCCCCCCCCCCCCCCCCC. The van der Waals surface area contributed by atoms with Crippen molar-refractivity contribution >= 4 is 5.91 Å². The first-order valence-electron chi connectivity index (χ1n) is 31.4. The topological polar surface area (TPSA) is 228 Å². The van der Waals surface area contributed by atoms with Crippen LogP contribution in [-0.2, 0) is 23.7 Å². The number of rotatable bonds is 51. The van der Waals surface area contributed by atoms with E-state index in [1.54, 1.807) is 0 Å². The van der Waals surface area contributed by atoms with Gasteiger partial charge < -0.3 is 65.1 Å². The van der Waals surface area contributed by atoms with Crippen molar-refractivity contribution in [2.75, 3.05) is 19.8 Å². The summed E-state index contributed by atoms with van der Waals surface area (Å²) in [7, 11) is 0. The number of hydrogen-bond donors (Lipinski definition) is 9. The third-order valence-corrected chi connectivity index (χ3v) is 15.7. The lowest BCUT2D eigenvalue weighted by molar-refractivity contribution is -0.359. The van der Waals surface area contributed by atoms with Crippen molar-refractivity contribution < 1.29 is 64.6 Å². The van der Waals surface area contributed by atoms with Gasteiger partial charge in [0.2, 0.25) is 5.91 Å². The largest absolute Gasteiger partial charge is 0.394 e. The summed E-state index contributed by atoms with van der Waals surface area (Å²) in [5, 5.41) is 87.4. The first-order valence-corrected chi connectivity index (χ1v) is 31.4. The Kier molecular flexibility index (Phi) is 44.3. The fourth-order valence-corrected chi connectivity index (χ4v) is 10.6. The van der Waals surface area contributed by atoms with E-state index >= 15 is 0 Å². The smallest absolute Gasteiger partial charge is 0.220 e. The summed E-state index contributed by atoms with van der Waals surface area (Å²) >= 11 is 0. The number of hydrogen-bond acceptors (Lipinski definition) is 13. The lowest BCUT2D eigenvalue weighted by Crippen LogP contribution is -2.65. The van der Waals surface area contributed by atoms with Gasteiger partial charge in [-0.1, -0.05) is 244 Å². The number of carbonyl (C=O) groups excluding carboxylic acids is 1. The summed E-state index contributed by atoms with van der Waals surface area (Å²) in [6.45, 7) is 2.89. The van der Waals surface area contributed by atoms with E-state index < -0.39 is 86.8 Å². The van der Waals surface area contributed by atoms with Crippen molar-refractivity contribution in [1.82, 2.24) is 5.32 Å². The fraction of sp³-hybridized carbons (Fsp3) is 0.951. The van der Waals surface area contributed by atoms with Gasteiger partial charge in [0.15, 0.2) is 12.6 Å². The van der Waals surface area contributed by atoms with Crippen molar-refractivity contribution in [2.45, 2.75) is 351 Å². The highest BCUT2D eigenvalue weighted by atomic mass is 16.7. The highest BCUT2D eigenvalue weighted by molar-refractivity contribution is 5.76. The van der Waals surface area contributed by atoms with E-state index in [9.17, 15) is 45.6 Å².